The first-order chi connectivity index (χ1) is 9.28. The van der Waals surface area contributed by atoms with Gasteiger partial charge in [-0.3, -0.25) is 4.55 Å². The number of hydrogen-bond donors (Lipinski definition) is 1. The second-order valence-electron chi connectivity index (χ2n) is 4.03. The molecule has 0 aromatic rings. The summed E-state index contributed by atoms with van der Waals surface area (Å²) < 4.78 is 33.7. The smallest absolute Gasteiger partial charge is 0.347 e. The second kappa shape index (κ2) is 6.35. The molecule has 0 amide bonds. The minimum absolute atomic E-state index is 0.0116. The Morgan fingerprint density at radius 3 is 2.20 bits per heavy atom. The van der Waals surface area contributed by atoms with Crippen molar-refractivity contribution < 1.29 is 17.2 Å². The van der Waals surface area contributed by atoms with Crippen molar-refractivity contribution in [1.82, 2.24) is 4.90 Å². The first-order valence-electron chi connectivity index (χ1n) is 5.59. The van der Waals surface area contributed by atoms with E-state index in [2.05, 4.69) is 4.18 Å². The molecule has 1 aliphatic heterocycles. The van der Waals surface area contributed by atoms with Crippen molar-refractivity contribution in [3.63, 3.8) is 0 Å². The largest absolute Gasteiger partial charge is 0.397 e. The summed E-state index contributed by atoms with van der Waals surface area (Å²) in [5.41, 5.74) is 2.00. The fourth-order valence-corrected chi connectivity index (χ4v) is 2.10. The van der Waals surface area contributed by atoms with Crippen LogP contribution >= 0.6 is 0 Å². The lowest BCUT2D eigenvalue weighted by molar-refractivity contribution is 0.239. The molecule has 0 fully saturated rings. The lowest BCUT2D eigenvalue weighted by atomic mass is 10.0. The molecule has 0 radical (unpaired) electrons. The summed E-state index contributed by atoms with van der Waals surface area (Å²) in [4.78, 5) is 1.75. The van der Waals surface area contributed by atoms with Crippen LogP contribution in [0.1, 0.15) is 13.8 Å². The molecule has 8 heteroatoms. The van der Waals surface area contributed by atoms with Crippen LogP contribution in [0.5, 0.6) is 0 Å². The van der Waals surface area contributed by atoms with E-state index in [1.807, 2.05) is 12.1 Å². The maximum atomic E-state index is 10.5. The molecule has 0 saturated carbocycles. The highest BCUT2D eigenvalue weighted by atomic mass is 32.3. The Morgan fingerprint density at radius 1 is 1.30 bits per heavy atom. The van der Waals surface area contributed by atoms with Crippen molar-refractivity contribution in [1.29, 1.82) is 10.5 Å². The normalized spacial score (nSPS) is 15.1. The molecular formula is C12H13N3O4S. The van der Waals surface area contributed by atoms with Gasteiger partial charge in [-0.1, -0.05) is 0 Å². The zero-order valence-electron chi connectivity index (χ0n) is 11.0. The van der Waals surface area contributed by atoms with Crippen LogP contribution in [0.4, 0.5) is 0 Å². The summed E-state index contributed by atoms with van der Waals surface area (Å²) in [5.74, 6) is 0. The fraction of sp³-hybridized carbons (Fsp3) is 0.333. The highest BCUT2D eigenvalue weighted by Crippen LogP contribution is 2.24. The van der Waals surface area contributed by atoms with E-state index in [-0.39, 0.29) is 18.7 Å². The molecule has 1 N–H and O–H groups in total. The summed E-state index contributed by atoms with van der Waals surface area (Å²) in [6, 6.07) is 3.63. The van der Waals surface area contributed by atoms with Crippen LogP contribution in [-0.2, 0) is 14.6 Å². The molecule has 0 aromatic carbocycles. The van der Waals surface area contributed by atoms with Crippen LogP contribution in [-0.4, -0.2) is 31.0 Å². The van der Waals surface area contributed by atoms with E-state index in [1.165, 1.54) is 0 Å². The van der Waals surface area contributed by atoms with E-state index in [1.54, 1.807) is 30.9 Å². The third-order valence-electron chi connectivity index (χ3n) is 2.64. The van der Waals surface area contributed by atoms with Crippen LogP contribution in [0.15, 0.2) is 34.7 Å². The molecule has 0 atom stereocenters. The zero-order valence-corrected chi connectivity index (χ0v) is 11.8. The first kappa shape index (κ1) is 15.9. The van der Waals surface area contributed by atoms with Gasteiger partial charge in [0.2, 0.25) is 0 Å². The Morgan fingerprint density at radius 2 is 1.80 bits per heavy atom. The Labute approximate surface area is 117 Å². The van der Waals surface area contributed by atoms with Gasteiger partial charge in [0.25, 0.3) is 0 Å². The number of nitriles is 2. The van der Waals surface area contributed by atoms with Crippen molar-refractivity contribution >= 4 is 10.4 Å². The van der Waals surface area contributed by atoms with Crippen molar-refractivity contribution in [3.8, 4) is 12.1 Å². The van der Waals surface area contributed by atoms with Gasteiger partial charge in [-0.05, 0) is 26.0 Å². The van der Waals surface area contributed by atoms with E-state index < -0.39 is 10.4 Å². The number of hydrogen-bond acceptors (Lipinski definition) is 6. The van der Waals surface area contributed by atoms with Crippen LogP contribution in [0.3, 0.4) is 0 Å². The third-order valence-corrected chi connectivity index (χ3v) is 3.10. The predicted octanol–water partition coefficient (Wildman–Crippen LogP) is 1.27. The molecule has 1 rings (SSSR count). The molecular weight excluding hydrogens is 282 g/mol. The summed E-state index contributed by atoms with van der Waals surface area (Å²) >= 11 is 0. The molecule has 0 aliphatic carbocycles. The third kappa shape index (κ3) is 4.21. The molecule has 0 aromatic heterocycles. The molecule has 7 nitrogen and oxygen atoms in total. The summed E-state index contributed by atoms with van der Waals surface area (Å²) in [5, 5.41) is 17.7. The quantitative estimate of drug-likeness (QED) is 0.613. The van der Waals surface area contributed by atoms with Crippen molar-refractivity contribution in [3.05, 3.63) is 34.7 Å². The Balaban J connectivity index is 2.89. The minimum atomic E-state index is -4.45. The number of rotatable bonds is 4. The van der Waals surface area contributed by atoms with Gasteiger partial charge in [-0.25, -0.2) is 4.18 Å². The van der Waals surface area contributed by atoms with Gasteiger partial charge in [0.1, 0.15) is 17.7 Å². The van der Waals surface area contributed by atoms with E-state index in [9.17, 15) is 8.42 Å². The molecule has 106 valence electrons. The number of nitrogens with zero attached hydrogens (tertiary/aromatic N) is 3. The van der Waals surface area contributed by atoms with Gasteiger partial charge in [-0.15, -0.1) is 0 Å². The minimum Gasteiger partial charge on any atom is -0.347 e. The first-order valence-corrected chi connectivity index (χ1v) is 6.95. The molecule has 0 saturated heterocycles. The maximum Gasteiger partial charge on any atom is 0.397 e. The zero-order chi connectivity index (χ0) is 15.3. The molecule has 0 unspecified atom stereocenters. The lowest BCUT2D eigenvalue weighted by Crippen LogP contribution is -2.27. The van der Waals surface area contributed by atoms with Crippen LogP contribution in [0.25, 0.3) is 0 Å². The average molecular weight is 295 g/mol. The van der Waals surface area contributed by atoms with E-state index >= 15 is 0 Å². The van der Waals surface area contributed by atoms with Crippen LogP contribution in [0.2, 0.25) is 0 Å². The second-order valence-corrected chi connectivity index (χ2v) is 5.12. The molecule has 0 bridgehead atoms. The van der Waals surface area contributed by atoms with Gasteiger partial charge in [0.15, 0.2) is 0 Å². The van der Waals surface area contributed by atoms with Crippen LogP contribution < -0.4 is 0 Å². The summed E-state index contributed by atoms with van der Waals surface area (Å²) in [7, 11) is -4.45. The summed E-state index contributed by atoms with van der Waals surface area (Å²) in [6.07, 6.45) is 3.31. The topological polar surface area (TPSA) is 114 Å². The summed E-state index contributed by atoms with van der Waals surface area (Å²) in [6.45, 7) is 3.52. The molecule has 0 spiro atoms. The Kier molecular flexibility index (Phi) is 5.06. The van der Waals surface area contributed by atoms with Gasteiger partial charge in [-0.2, -0.15) is 18.9 Å². The van der Waals surface area contributed by atoms with Crippen LogP contribution in [0, 0.1) is 22.7 Å². The monoisotopic (exact) mass is 295 g/mol. The fourth-order valence-electron chi connectivity index (χ4n) is 1.81. The predicted molar refractivity (Wildman–Crippen MR) is 70.0 cm³/mol. The Bertz CT molecular complexity index is 636. The maximum absolute atomic E-state index is 10.5. The van der Waals surface area contributed by atoms with Gasteiger partial charge in [0.05, 0.1) is 6.61 Å². The highest BCUT2D eigenvalue weighted by molar-refractivity contribution is 7.80. The molecule has 1 aliphatic rings. The standard InChI is InChI=1S/C12H13N3O4S/c1-9-5-11(12(7-13)8-14)6-10(2)15(9)3-4-19-20(16,17)18/h5-6H,3-4H2,1-2H3,(H,16,17,18). The molecule has 20 heavy (non-hydrogen) atoms. The Hall–Kier alpha value is -2.13. The van der Waals surface area contributed by atoms with Gasteiger partial charge in [0, 0.05) is 23.5 Å². The molecule has 1 heterocycles. The SMILES string of the molecule is CC1=CC(=C(C#N)C#N)C=C(C)N1CCOS(=O)(=O)O. The van der Waals surface area contributed by atoms with Gasteiger partial charge >= 0.3 is 10.4 Å². The van der Waals surface area contributed by atoms with Crippen molar-refractivity contribution in [2.75, 3.05) is 13.2 Å². The van der Waals surface area contributed by atoms with Gasteiger partial charge < -0.3 is 4.90 Å². The van der Waals surface area contributed by atoms with E-state index in [0.717, 1.165) is 11.4 Å². The number of allylic oxidation sites excluding steroid dienone is 6. The lowest BCUT2D eigenvalue weighted by Gasteiger charge is -2.29. The van der Waals surface area contributed by atoms with Crippen molar-refractivity contribution in [2.24, 2.45) is 0 Å². The highest BCUT2D eigenvalue weighted by Gasteiger charge is 2.16. The van der Waals surface area contributed by atoms with E-state index in [4.69, 9.17) is 15.1 Å². The average Bonchev–Trinajstić information content (AvgIpc) is 2.33. The van der Waals surface area contributed by atoms with E-state index in [0.29, 0.717) is 5.57 Å². The van der Waals surface area contributed by atoms with Crippen molar-refractivity contribution in [2.45, 2.75) is 13.8 Å².